The summed E-state index contributed by atoms with van der Waals surface area (Å²) in [4.78, 5) is 0. The summed E-state index contributed by atoms with van der Waals surface area (Å²) in [6.45, 7) is 4.41. The number of hydrogen-bond donors (Lipinski definition) is 0. The molecule has 2 nitrogen and oxygen atoms in total. The molecule has 1 unspecified atom stereocenters. The summed E-state index contributed by atoms with van der Waals surface area (Å²) in [5.41, 5.74) is 1.79. The lowest BCUT2D eigenvalue weighted by molar-refractivity contribution is 0.192. The van der Waals surface area contributed by atoms with Gasteiger partial charge in [-0.2, -0.15) is 4.39 Å². The van der Waals surface area contributed by atoms with Crippen molar-refractivity contribution in [1.82, 2.24) is 0 Å². The third-order valence-electron chi connectivity index (χ3n) is 5.79. The highest BCUT2D eigenvalue weighted by molar-refractivity contribution is 5.50. The van der Waals surface area contributed by atoms with E-state index in [2.05, 4.69) is 6.58 Å². The van der Waals surface area contributed by atoms with Gasteiger partial charge in [-0.3, -0.25) is 0 Å². The van der Waals surface area contributed by atoms with Crippen molar-refractivity contribution >= 4 is 6.08 Å². The normalized spacial score (nSPS) is 24.0. The molecule has 2 aliphatic rings. The number of rotatable bonds is 6. The molecule has 0 aromatic heterocycles. The minimum atomic E-state index is -0.971. The van der Waals surface area contributed by atoms with Crippen molar-refractivity contribution in [2.75, 3.05) is 13.2 Å². The van der Waals surface area contributed by atoms with Gasteiger partial charge >= 0.3 is 0 Å². The molecular formula is C23H23F3O2. The highest BCUT2D eigenvalue weighted by atomic mass is 19.2. The minimum Gasteiger partial charge on any atom is -0.490 e. The molecule has 0 N–H and O–H groups in total. The second-order valence-corrected chi connectivity index (χ2v) is 7.62. The fourth-order valence-electron chi connectivity index (χ4n) is 3.97. The lowest BCUT2D eigenvalue weighted by Crippen LogP contribution is -2.20. The monoisotopic (exact) mass is 388 g/mol. The summed E-state index contributed by atoms with van der Waals surface area (Å²) in [7, 11) is 0. The predicted molar refractivity (Wildman–Crippen MR) is 102 cm³/mol. The van der Waals surface area contributed by atoms with Crippen LogP contribution in [0.3, 0.4) is 0 Å². The summed E-state index contributed by atoms with van der Waals surface area (Å²) < 4.78 is 52.8. The third-order valence-corrected chi connectivity index (χ3v) is 5.79. The number of hydrogen-bond acceptors (Lipinski definition) is 2. The largest absolute Gasteiger partial charge is 0.490 e. The Morgan fingerprint density at radius 1 is 1.04 bits per heavy atom. The Hall–Kier alpha value is -2.27. The number of benzene rings is 2. The Morgan fingerprint density at radius 3 is 2.43 bits per heavy atom. The quantitative estimate of drug-likeness (QED) is 0.552. The Kier molecular flexibility index (Phi) is 5.44. The van der Waals surface area contributed by atoms with E-state index < -0.39 is 11.6 Å². The van der Waals surface area contributed by atoms with Crippen LogP contribution in [0.25, 0.3) is 6.08 Å². The van der Waals surface area contributed by atoms with Crippen LogP contribution in [0.2, 0.25) is 0 Å². The van der Waals surface area contributed by atoms with Crippen molar-refractivity contribution in [2.24, 2.45) is 5.92 Å². The second-order valence-electron chi connectivity index (χ2n) is 7.62. The van der Waals surface area contributed by atoms with Crippen LogP contribution in [0.15, 0.2) is 36.9 Å². The molecule has 0 spiro atoms. The van der Waals surface area contributed by atoms with Crippen molar-refractivity contribution in [3.63, 3.8) is 0 Å². The van der Waals surface area contributed by atoms with E-state index in [0.717, 1.165) is 31.2 Å². The SMILES string of the molecule is C=Cc1ccc(OCC2CCC(c3ccc(C4CO4)c(F)c3)CC2)c(F)c1F. The van der Waals surface area contributed by atoms with E-state index in [9.17, 15) is 13.2 Å². The van der Waals surface area contributed by atoms with E-state index in [4.69, 9.17) is 9.47 Å². The summed E-state index contributed by atoms with van der Waals surface area (Å²) in [6.07, 6.45) is 4.88. The highest BCUT2D eigenvalue weighted by Crippen LogP contribution is 2.38. The smallest absolute Gasteiger partial charge is 0.201 e. The first-order chi connectivity index (χ1) is 13.6. The van der Waals surface area contributed by atoms with Gasteiger partial charge in [0.25, 0.3) is 0 Å². The standard InChI is InChI=1S/C23H23F3O2/c1-2-15-8-10-20(23(26)22(15)25)27-12-14-3-5-16(6-4-14)17-7-9-18(19(24)11-17)21-13-28-21/h2,7-11,14,16,21H,1,3-6,12-13H2. The second kappa shape index (κ2) is 8.00. The van der Waals surface area contributed by atoms with Crippen LogP contribution >= 0.6 is 0 Å². The van der Waals surface area contributed by atoms with E-state index >= 15 is 0 Å². The molecule has 28 heavy (non-hydrogen) atoms. The Bertz CT molecular complexity index is 868. The zero-order valence-corrected chi connectivity index (χ0v) is 15.6. The molecule has 2 aromatic carbocycles. The zero-order chi connectivity index (χ0) is 19.7. The lowest BCUT2D eigenvalue weighted by atomic mass is 9.79. The van der Waals surface area contributed by atoms with Gasteiger partial charge in [0, 0.05) is 11.1 Å². The summed E-state index contributed by atoms with van der Waals surface area (Å²) >= 11 is 0. The molecule has 1 atom stereocenters. The maximum atomic E-state index is 14.2. The summed E-state index contributed by atoms with van der Waals surface area (Å²) in [5.74, 6) is -1.56. The molecule has 4 rings (SSSR count). The molecule has 5 heteroatoms. The summed E-state index contributed by atoms with van der Waals surface area (Å²) in [6, 6.07) is 8.37. The van der Waals surface area contributed by atoms with Gasteiger partial charge in [0.15, 0.2) is 11.6 Å². The van der Waals surface area contributed by atoms with E-state index in [1.807, 2.05) is 12.1 Å². The van der Waals surface area contributed by atoms with Crippen LogP contribution in [0.4, 0.5) is 13.2 Å². The molecular weight excluding hydrogens is 365 g/mol. The van der Waals surface area contributed by atoms with Crippen molar-refractivity contribution in [3.05, 3.63) is 71.1 Å². The topological polar surface area (TPSA) is 21.8 Å². The van der Waals surface area contributed by atoms with E-state index in [0.29, 0.717) is 24.7 Å². The maximum absolute atomic E-state index is 14.2. The Morgan fingerprint density at radius 2 is 1.79 bits per heavy atom. The first-order valence-corrected chi connectivity index (χ1v) is 9.71. The molecule has 2 aromatic rings. The van der Waals surface area contributed by atoms with Gasteiger partial charge in [-0.15, -0.1) is 0 Å². The average molecular weight is 388 g/mol. The van der Waals surface area contributed by atoms with Crippen molar-refractivity contribution in [1.29, 1.82) is 0 Å². The van der Waals surface area contributed by atoms with Crippen LogP contribution in [-0.2, 0) is 4.74 Å². The van der Waals surface area contributed by atoms with Gasteiger partial charge in [-0.25, -0.2) is 8.78 Å². The molecule has 0 amide bonds. The molecule has 2 fully saturated rings. The molecule has 1 heterocycles. The number of halogens is 3. The molecule has 1 aliphatic heterocycles. The molecule has 1 saturated carbocycles. The summed E-state index contributed by atoms with van der Waals surface area (Å²) in [5, 5.41) is 0. The molecule has 1 aliphatic carbocycles. The molecule has 0 bridgehead atoms. The molecule has 1 saturated heterocycles. The van der Waals surface area contributed by atoms with Crippen molar-refractivity contribution in [3.8, 4) is 5.75 Å². The van der Waals surface area contributed by atoms with Crippen LogP contribution in [-0.4, -0.2) is 13.2 Å². The van der Waals surface area contributed by atoms with Crippen LogP contribution < -0.4 is 4.74 Å². The van der Waals surface area contributed by atoms with Gasteiger partial charge in [-0.05, 0) is 61.3 Å². The fraction of sp³-hybridized carbons (Fsp3) is 0.391. The first-order valence-electron chi connectivity index (χ1n) is 9.71. The first kappa shape index (κ1) is 19.1. The van der Waals surface area contributed by atoms with Crippen molar-refractivity contribution in [2.45, 2.75) is 37.7 Å². The minimum absolute atomic E-state index is 0.0646. The maximum Gasteiger partial charge on any atom is 0.201 e. The van der Waals surface area contributed by atoms with Gasteiger partial charge in [0.2, 0.25) is 5.82 Å². The molecule has 0 radical (unpaired) electrons. The van der Waals surface area contributed by atoms with Crippen LogP contribution in [0.1, 0.15) is 54.4 Å². The average Bonchev–Trinajstić information content (AvgIpc) is 3.55. The van der Waals surface area contributed by atoms with Crippen LogP contribution in [0, 0.1) is 23.4 Å². The van der Waals surface area contributed by atoms with E-state index in [1.165, 1.54) is 18.2 Å². The molecule has 148 valence electrons. The zero-order valence-electron chi connectivity index (χ0n) is 15.6. The fourth-order valence-corrected chi connectivity index (χ4v) is 3.97. The Labute approximate surface area is 163 Å². The van der Waals surface area contributed by atoms with Gasteiger partial charge in [0.1, 0.15) is 11.9 Å². The van der Waals surface area contributed by atoms with Gasteiger partial charge < -0.3 is 9.47 Å². The van der Waals surface area contributed by atoms with E-state index in [1.54, 1.807) is 6.07 Å². The Balaban J connectivity index is 1.32. The van der Waals surface area contributed by atoms with Gasteiger partial charge in [-0.1, -0.05) is 24.8 Å². The lowest BCUT2D eigenvalue weighted by Gasteiger charge is -2.29. The van der Waals surface area contributed by atoms with Crippen LogP contribution in [0.5, 0.6) is 5.75 Å². The predicted octanol–water partition coefficient (Wildman–Crippen LogP) is 6.17. The van der Waals surface area contributed by atoms with Gasteiger partial charge in [0.05, 0.1) is 13.2 Å². The number of ether oxygens (including phenoxy) is 2. The van der Waals surface area contributed by atoms with Crippen molar-refractivity contribution < 1.29 is 22.6 Å². The third kappa shape index (κ3) is 3.95. The number of epoxide rings is 1. The van der Waals surface area contributed by atoms with E-state index in [-0.39, 0.29) is 29.2 Å². The highest BCUT2D eigenvalue weighted by Gasteiger charge is 2.29.